The Morgan fingerprint density at radius 1 is 0.306 bits per heavy atom. The van der Waals surface area contributed by atoms with E-state index in [9.17, 15) is 59.4 Å². The number of nitrogens with zero attached hydrogens (tertiary/aromatic N) is 8. The Kier molecular flexibility index (Phi) is 37.9. The minimum Gasteiger partial charge on any atom is -0.507 e. The fourth-order valence-corrected chi connectivity index (χ4v) is 21.4. The first-order valence-electron chi connectivity index (χ1n) is 44.0. The van der Waals surface area contributed by atoms with E-state index in [1.54, 1.807) is 64.1 Å². The molecule has 6 aromatic heterocycles. The molecule has 18 aromatic rings. The number of nitrogens with two attached hydrogens (primary N) is 1. The molecule has 0 aliphatic carbocycles. The van der Waals surface area contributed by atoms with Crippen molar-refractivity contribution in [2.45, 2.75) is 88.6 Å². The monoisotopic (exact) mass is 2170 g/mol. The maximum Gasteiger partial charge on any atom is 0.261 e. The van der Waals surface area contributed by atoms with Gasteiger partial charge in [0.15, 0.2) is 30.8 Å². The van der Waals surface area contributed by atoms with E-state index in [1.165, 1.54) is 104 Å². The predicted octanol–water partition coefficient (Wildman–Crippen LogP) is 26.0. The highest BCUT2D eigenvalue weighted by molar-refractivity contribution is 7.24. The lowest BCUT2D eigenvalue weighted by molar-refractivity contribution is 0.101. The minimum absolute atomic E-state index is 0.0207. The molecule has 0 aliphatic heterocycles. The molecule has 0 aliphatic rings. The smallest absolute Gasteiger partial charge is 0.261 e. The molecule has 0 radical (unpaired) electrons. The van der Waals surface area contributed by atoms with Crippen LogP contribution in [0, 0.1) is 69.2 Å². The van der Waals surface area contributed by atoms with E-state index >= 15 is 0 Å². The Labute approximate surface area is 882 Å². The van der Waals surface area contributed by atoms with Crippen molar-refractivity contribution in [2.75, 3.05) is 79.8 Å². The maximum atomic E-state index is 12.7. The van der Waals surface area contributed by atoms with E-state index in [-0.39, 0.29) is 74.5 Å². The molecule has 0 saturated heterocycles. The standard InChI is InChI=1S/C20H22ClN3O2S.C18H18ClN3O2S.4C16H13ClN2O2S.C2H7NO/c1-12-6-7-16-17(9-12)27-20(22-16)23-19(26)15-11-14(21)10-13(18(15)25)5-4-8-24(2)3;1-10-4-5-14-15(6-10)25-18(20-14)21-17(24)13-8-12(19)7-11(16(13)23)9-22(2)3;3*1-8-3-4-12-13(5-8)22-16(18-12)19-15(21)11-7-10(17)6-9(2)14(11)20;1-8-4-3-5-12-13(8)18-16(22-12)19-15(21)11-7-10(17)6-9(2)14(11)20;3-1-2-4/h6-7,9-11,25H,4-5,8H2,1-3H3,(H,22,23,26);4-8,23H,9H2,1-3H3,(H,20,21,24);4*3-7,20H,1-2H3,(H,18,19,21);4H,1-3H2. The van der Waals surface area contributed by atoms with E-state index in [1.807, 2.05) is 184 Å². The Balaban J connectivity index is 0.000000153. The highest BCUT2D eigenvalue weighted by Crippen LogP contribution is 2.40. The number of aromatic hydroxyl groups is 6. The molecular formula is C104H99Cl6N15O13S6. The van der Waals surface area contributed by atoms with Gasteiger partial charge < -0.3 is 51.3 Å². The minimum atomic E-state index is -0.434. The number of aliphatic hydroxyl groups excluding tert-OH is 1. The van der Waals surface area contributed by atoms with Gasteiger partial charge in [0.2, 0.25) is 0 Å². The van der Waals surface area contributed by atoms with Crippen molar-refractivity contribution in [2.24, 2.45) is 5.73 Å². The molecule has 0 bridgehead atoms. The third-order valence-corrected chi connectivity index (χ3v) is 28.1. The summed E-state index contributed by atoms with van der Waals surface area (Å²) in [5.41, 5.74) is 20.9. The van der Waals surface area contributed by atoms with Crippen LogP contribution in [0.15, 0.2) is 182 Å². The third kappa shape index (κ3) is 29.3. The molecule has 0 saturated carbocycles. The second-order valence-corrected chi connectivity index (χ2v) is 42.5. The largest absolute Gasteiger partial charge is 0.507 e. The van der Waals surface area contributed by atoms with Crippen LogP contribution in [-0.4, -0.2) is 159 Å². The first-order valence-corrected chi connectivity index (χ1v) is 51.2. The predicted molar refractivity (Wildman–Crippen MR) is 592 cm³/mol. The number of thiazole rings is 6. The molecule has 0 atom stereocenters. The third-order valence-electron chi connectivity index (χ3n) is 21.2. The highest BCUT2D eigenvalue weighted by Gasteiger charge is 2.26. The number of aromatic nitrogens is 6. The van der Waals surface area contributed by atoms with Gasteiger partial charge in [0.05, 0.1) is 101 Å². The fourth-order valence-electron chi connectivity index (χ4n) is 14.1. The quantitative estimate of drug-likeness (QED) is 0.0357. The summed E-state index contributed by atoms with van der Waals surface area (Å²) in [7, 11) is 7.75. The second kappa shape index (κ2) is 49.6. The molecule has 0 spiro atoms. The van der Waals surface area contributed by atoms with Gasteiger partial charge in [0, 0.05) is 48.8 Å². The lowest BCUT2D eigenvalue weighted by Gasteiger charge is -2.14. The number of carbonyl (C=O) groups excluding carboxylic acids is 6. The van der Waals surface area contributed by atoms with E-state index < -0.39 is 35.4 Å². The van der Waals surface area contributed by atoms with Gasteiger partial charge in [-0.1, -0.05) is 180 Å². The number of hydrogen-bond acceptors (Lipinski definition) is 28. The number of benzene rings is 12. The van der Waals surface area contributed by atoms with Crippen LogP contribution in [0.1, 0.15) is 135 Å². The molecule has 144 heavy (non-hydrogen) atoms. The highest BCUT2D eigenvalue weighted by atomic mass is 35.5. The van der Waals surface area contributed by atoms with Gasteiger partial charge in [-0.25, -0.2) is 29.9 Å². The normalized spacial score (nSPS) is 10.9. The van der Waals surface area contributed by atoms with E-state index in [4.69, 9.17) is 80.4 Å². The number of para-hydroxylation sites is 1. The molecule has 28 nitrogen and oxygen atoms in total. The van der Waals surface area contributed by atoms with Crippen molar-refractivity contribution < 1.29 is 64.5 Å². The Morgan fingerprint density at radius 3 is 0.806 bits per heavy atom. The van der Waals surface area contributed by atoms with Gasteiger partial charge >= 0.3 is 0 Å². The van der Waals surface area contributed by atoms with Crippen molar-refractivity contribution in [1.82, 2.24) is 39.7 Å². The second-order valence-electron chi connectivity index (χ2n) is 33.7. The lowest BCUT2D eigenvalue weighted by Crippen LogP contribution is -2.15. The number of hydrogen-bond donors (Lipinski definition) is 14. The van der Waals surface area contributed by atoms with Crippen LogP contribution in [0.4, 0.5) is 30.8 Å². The first-order chi connectivity index (χ1) is 68.3. The summed E-state index contributed by atoms with van der Waals surface area (Å²) in [5.74, 6) is -2.94. The van der Waals surface area contributed by atoms with Crippen LogP contribution in [0.3, 0.4) is 0 Å². The number of nitrogens with one attached hydrogen (secondary N) is 6. The van der Waals surface area contributed by atoms with Gasteiger partial charge in [-0.2, -0.15) is 0 Å². The average Bonchev–Trinajstić information content (AvgIpc) is 1.73. The van der Waals surface area contributed by atoms with Crippen LogP contribution in [0.5, 0.6) is 34.5 Å². The zero-order valence-corrected chi connectivity index (χ0v) is 89.5. The molecule has 15 N–H and O–H groups in total. The lowest BCUT2D eigenvalue weighted by atomic mass is 10.0. The van der Waals surface area contributed by atoms with Crippen molar-refractivity contribution in [3.05, 3.63) is 312 Å². The van der Waals surface area contributed by atoms with Gasteiger partial charge in [0.1, 0.15) is 34.5 Å². The number of phenols is 6. The Morgan fingerprint density at radius 2 is 0.549 bits per heavy atom. The van der Waals surface area contributed by atoms with Crippen LogP contribution in [0.25, 0.3) is 61.3 Å². The summed E-state index contributed by atoms with van der Waals surface area (Å²) in [6, 6.07) is 54.0. The first kappa shape index (κ1) is 110. The molecule has 40 heteroatoms. The maximum absolute atomic E-state index is 12.7. The summed E-state index contributed by atoms with van der Waals surface area (Å²) < 4.78 is 6.01. The van der Waals surface area contributed by atoms with Crippen molar-refractivity contribution in [1.29, 1.82) is 0 Å². The van der Waals surface area contributed by atoms with E-state index in [0.717, 1.165) is 108 Å². The number of aliphatic hydroxyl groups is 1. The Bertz CT molecular complexity index is 7530. The number of rotatable bonds is 19. The topological polar surface area (TPSA) is 426 Å². The number of halogens is 6. The summed E-state index contributed by atoms with van der Waals surface area (Å²) in [5, 5.41) is 90.5. The molecular weight excluding hydrogens is 2070 g/mol. The van der Waals surface area contributed by atoms with Crippen LogP contribution >= 0.6 is 138 Å². The molecule has 0 fully saturated rings. The van der Waals surface area contributed by atoms with Gasteiger partial charge in [0.25, 0.3) is 35.4 Å². The average molecular weight is 2170 g/mol. The van der Waals surface area contributed by atoms with Crippen molar-refractivity contribution >= 4 is 265 Å². The number of anilines is 6. The van der Waals surface area contributed by atoms with Crippen molar-refractivity contribution in [3.8, 4) is 34.5 Å². The summed E-state index contributed by atoms with van der Waals surface area (Å²) in [4.78, 5) is 105. The number of amides is 6. The van der Waals surface area contributed by atoms with Crippen LogP contribution in [-0.2, 0) is 13.0 Å². The molecule has 6 heterocycles. The Hall–Kier alpha value is -12.8. The van der Waals surface area contributed by atoms with Gasteiger partial charge in [-0.3, -0.25) is 60.7 Å². The molecule has 0 unspecified atom stereocenters. The SMILES string of the molecule is Cc1cc(Cl)cc(C(=O)Nc2nc3c(C)cccc3s2)c1O.Cc1ccc2nc(NC(=O)c3cc(Cl)cc(C)c3O)sc2c1.Cc1ccc2nc(NC(=O)c3cc(Cl)cc(C)c3O)sc2c1.Cc1ccc2nc(NC(=O)c3cc(Cl)cc(C)c3O)sc2c1.Cc1ccc2nc(NC(=O)c3cc(Cl)cc(CCCN(C)C)c3O)sc2c1.Cc1ccc2nc(NC(=O)c3cc(Cl)cc(CN(C)C)c3O)sc2c1.NCCO. The number of fused-ring (bicyclic) bond motifs is 6. The zero-order chi connectivity index (χ0) is 105. The van der Waals surface area contributed by atoms with E-state index in [2.05, 4.69) is 66.7 Å². The number of phenolic OH excluding ortho intramolecular Hbond substituents is 6. The van der Waals surface area contributed by atoms with Gasteiger partial charge in [-0.05, 0) is 318 Å². The number of carbonyl (C=O) groups is 6. The van der Waals surface area contributed by atoms with Crippen LogP contribution < -0.4 is 37.6 Å². The summed E-state index contributed by atoms with van der Waals surface area (Å²) in [6.45, 7) is 20.6. The van der Waals surface area contributed by atoms with Crippen molar-refractivity contribution in [3.63, 3.8) is 0 Å². The number of aryl methyl sites for hydroxylation is 11. The summed E-state index contributed by atoms with van der Waals surface area (Å²) in [6.07, 6.45) is 1.50. The molecule has 6 amide bonds. The van der Waals surface area contributed by atoms with E-state index in [0.29, 0.717) is 114 Å². The fraction of sp³-hybridized carbons (Fsp3) is 0.192. The summed E-state index contributed by atoms with van der Waals surface area (Å²) >= 11 is 44.4. The molecule has 746 valence electrons. The zero-order valence-electron chi connectivity index (χ0n) is 80.0. The molecule has 18 rings (SSSR count). The van der Waals surface area contributed by atoms with Crippen LogP contribution in [0.2, 0.25) is 30.1 Å². The van der Waals surface area contributed by atoms with Gasteiger partial charge in [-0.15, -0.1) is 0 Å². The molecule has 12 aromatic carbocycles.